The summed E-state index contributed by atoms with van der Waals surface area (Å²) in [4.78, 5) is 25.4. The number of nitrogens with zero attached hydrogens (tertiary/aromatic N) is 1. The summed E-state index contributed by atoms with van der Waals surface area (Å²) in [5.41, 5.74) is 1.43. The molecule has 0 saturated heterocycles. The second-order valence-electron chi connectivity index (χ2n) is 4.03. The Morgan fingerprint density at radius 1 is 1.32 bits per heavy atom. The predicted octanol–water partition coefficient (Wildman–Crippen LogP) is 2.90. The van der Waals surface area contributed by atoms with E-state index in [0.29, 0.717) is 22.0 Å². The van der Waals surface area contributed by atoms with E-state index in [2.05, 4.69) is 4.98 Å². The lowest BCUT2D eigenvalue weighted by molar-refractivity contribution is -0.384. The Bertz CT molecular complexity index is 771. The van der Waals surface area contributed by atoms with Gasteiger partial charge in [-0.3, -0.25) is 14.9 Å². The number of nitrogens with one attached hydrogen (secondary N) is 1. The van der Waals surface area contributed by atoms with Crippen molar-refractivity contribution in [2.24, 2.45) is 0 Å². The number of benzene rings is 1. The van der Waals surface area contributed by atoms with Crippen molar-refractivity contribution in [3.63, 3.8) is 0 Å². The highest BCUT2D eigenvalue weighted by Gasteiger charge is 2.17. The number of hydrogen-bond acceptors (Lipinski definition) is 4. The van der Waals surface area contributed by atoms with Crippen LogP contribution in [-0.4, -0.2) is 15.7 Å². The second-order valence-corrected chi connectivity index (χ2v) is 4.03. The molecule has 3 aromatic rings. The zero-order valence-electron chi connectivity index (χ0n) is 9.62. The van der Waals surface area contributed by atoms with Crippen LogP contribution < -0.4 is 0 Å². The average molecular weight is 256 g/mol. The quantitative estimate of drug-likeness (QED) is 0.443. The van der Waals surface area contributed by atoms with Gasteiger partial charge >= 0.3 is 0 Å². The summed E-state index contributed by atoms with van der Waals surface area (Å²) < 4.78 is 4.87. The minimum Gasteiger partial charge on any atom is -0.472 e. The van der Waals surface area contributed by atoms with E-state index < -0.39 is 4.92 Å². The number of aromatic amines is 1. The molecule has 0 aliphatic carbocycles. The molecule has 94 valence electrons. The van der Waals surface area contributed by atoms with E-state index in [0.717, 1.165) is 0 Å². The molecule has 0 fully saturated rings. The fourth-order valence-corrected chi connectivity index (χ4v) is 1.96. The Kier molecular flexibility index (Phi) is 2.42. The summed E-state index contributed by atoms with van der Waals surface area (Å²) in [5, 5.41) is 11.3. The molecule has 6 nitrogen and oxygen atoms in total. The van der Waals surface area contributed by atoms with Gasteiger partial charge in [0.2, 0.25) is 0 Å². The number of furan rings is 1. The molecule has 3 rings (SSSR count). The maximum atomic E-state index is 12.2. The number of carbonyl (C=O) groups excluding carboxylic acids is 1. The first-order valence-electron chi connectivity index (χ1n) is 5.49. The first-order chi connectivity index (χ1) is 9.16. The molecular weight excluding hydrogens is 248 g/mol. The highest BCUT2D eigenvalue weighted by atomic mass is 16.6. The Hall–Kier alpha value is -2.89. The van der Waals surface area contributed by atoms with Crippen molar-refractivity contribution in [1.82, 2.24) is 4.98 Å². The van der Waals surface area contributed by atoms with Crippen LogP contribution >= 0.6 is 0 Å². The number of ketones is 1. The Labute approximate surface area is 106 Å². The van der Waals surface area contributed by atoms with Crippen LogP contribution in [0.3, 0.4) is 0 Å². The van der Waals surface area contributed by atoms with Gasteiger partial charge in [0.05, 0.1) is 16.7 Å². The van der Waals surface area contributed by atoms with Crippen molar-refractivity contribution in [2.45, 2.75) is 0 Å². The summed E-state index contributed by atoms with van der Waals surface area (Å²) in [6, 6.07) is 5.92. The zero-order valence-corrected chi connectivity index (χ0v) is 9.62. The van der Waals surface area contributed by atoms with Gasteiger partial charge in [-0.05, 0) is 12.1 Å². The number of rotatable bonds is 3. The van der Waals surface area contributed by atoms with Crippen LogP contribution in [-0.2, 0) is 0 Å². The van der Waals surface area contributed by atoms with Crippen molar-refractivity contribution in [3.05, 3.63) is 64.2 Å². The lowest BCUT2D eigenvalue weighted by atomic mass is 10.0. The van der Waals surface area contributed by atoms with Crippen LogP contribution in [0.5, 0.6) is 0 Å². The van der Waals surface area contributed by atoms with Gasteiger partial charge in [0.25, 0.3) is 5.69 Å². The number of nitro groups is 1. The first-order valence-corrected chi connectivity index (χ1v) is 5.49. The van der Waals surface area contributed by atoms with Gasteiger partial charge in [0, 0.05) is 34.8 Å². The number of nitro benzene ring substituents is 1. The fraction of sp³-hybridized carbons (Fsp3) is 0. The molecule has 0 aliphatic heterocycles. The molecule has 0 atom stereocenters. The molecule has 1 aromatic carbocycles. The van der Waals surface area contributed by atoms with Crippen LogP contribution in [0.4, 0.5) is 5.69 Å². The lowest BCUT2D eigenvalue weighted by Gasteiger charge is -1.96. The summed E-state index contributed by atoms with van der Waals surface area (Å²) in [6.45, 7) is 0. The van der Waals surface area contributed by atoms with Gasteiger partial charge in [0.15, 0.2) is 5.78 Å². The molecule has 0 saturated carbocycles. The van der Waals surface area contributed by atoms with Crippen LogP contribution in [0.25, 0.3) is 10.9 Å². The van der Waals surface area contributed by atoms with E-state index in [-0.39, 0.29) is 11.5 Å². The van der Waals surface area contributed by atoms with E-state index in [1.54, 1.807) is 18.3 Å². The van der Waals surface area contributed by atoms with Gasteiger partial charge in [0.1, 0.15) is 6.26 Å². The third-order valence-electron chi connectivity index (χ3n) is 2.90. The third kappa shape index (κ3) is 1.79. The molecule has 0 unspecified atom stereocenters. The van der Waals surface area contributed by atoms with Crippen LogP contribution in [0.15, 0.2) is 47.4 Å². The SMILES string of the molecule is O=C(c1ccoc1)c1c[nH]c2ccc([N+](=O)[O-])cc12. The molecule has 0 amide bonds. The van der Waals surface area contributed by atoms with Crippen LogP contribution in [0.1, 0.15) is 15.9 Å². The highest BCUT2D eigenvalue weighted by Crippen LogP contribution is 2.25. The Balaban J connectivity index is 2.16. The van der Waals surface area contributed by atoms with E-state index in [1.165, 1.54) is 24.7 Å². The minimum atomic E-state index is -0.488. The smallest absolute Gasteiger partial charge is 0.270 e. The maximum absolute atomic E-state index is 12.2. The maximum Gasteiger partial charge on any atom is 0.270 e. The fourth-order valence-electron chi connectivity index (χ4n) is 1.96. The van der Waals surface area contributed by atoms with E-state index in [1.807, 2.05) is 0 Å². The largest absolute Gasteiger partial charge is 0.472 e. The molecule has 0 radical (unpaired) electrons. The molecular formula is C13H8N2O4. The van der Waals surface area contributed by atoms with E-state index in [4.69, 9.17) is 4.42 Å². The van der Waals surface area contributed by atoms with Crippen molar-refractivity contribution in [1.29, 1.82) is 0 Å². The van der Waals surface area contributed by atoms with Gasteiger partial charge in [-0.25, -0.2) is 0 Å². The second kappa shape index (κ2) is 4.09. The van der Waals surface area contributed by atoms with Gasteiger partial charge in [-0.2, -0.15) is 0 Å². The molecule has 0 bridgehead atoms. The summed E-state index contributed by atoms with van der Waals surface area (Å²) in [7, 11) is 0. The molecule has 0 aliphatic rings. The number of carbonyl (C=O) groups is 1. The summed E-state index contributed by atoms with van der Waals surface area (Å²) >= 11 is 0. The molecule has 2 aromatic heterocycles. The molecule has 1 N–H and O–H groups in total. The Morgan fingerprint density at radius 3 is 2.84 bits per heavy atom. The molecule has 19 heavy (non-hydrogen) atoms. The number of hydrogen-bond donors (Lipinski definition) is 1. The molecule has 6 heteroatoms. The average Bonchev–Trinajstić information content (AvgIpc) is 3.06. The third-order valence-corrected chi connectivity index (χ3v) is 2.90. The molecule has 2 heterocycles. The van der Waals surface area contributed by atoms with Crippen LogP contribution in [0, 0.1) is 10.1 Å². The summed E-state index contributed by atoms with van der Waals surface area (Å²) in [5.74, 6) is -0.236. The monoisotopic (exact) mass is 256 g/mol. The number of non-ortho nitro benzene ring substituents is 1. The number of aromatic nitrogens is 1. The predicted molar refractivity (Wildman–Crippen MR) is 67.1 cm³/mol. The minimum absolute atomic E-state index is 0.0478. The first kappa shape index (κ1) is 11.2. The van der Waals surface area contributed by atoms with Crippen molar-refractivity contribution in [3.8, 4) is 0 Å². The number of fused-ring (bicyclic) bond motifs is 1. The van der Waals surface area contributed by atoms with Crippen LogP contribution in [0.2, 0.25) is 0 Å². The topological polar surface area (TPSA) is 89.1 Å². The highest BCUT2D eigenvalue weighted by molar-refractivity contribution is 6.16. The molecule has 0 spiro atoms. The standard InChI is InChI=1S/C13H8N2O4/c16-13(8-3-4-19-7-8)11-6-14-12-2-1-9(15(17)18)5-10(11)12/h1-7,14H. The summed E-state index contributed by atoms with van der Waals surface area (Å²) in [6.07, 6.45) is 4.30. The van der Waals surface area contributed by atoms with E-state index >= 15 is 0 Å². The lowest BCUT2D eigenvalue weighted by Crippen LogP contribution is -1.98. The number of H-pyrrole nitrogens is 1. The van der Waals surface area contributed by atoms with Gasteiger partial charge in [-0.15, -0.1) is 0 Å². The van der Waals surface area contributed by atoms with Crippen molar-refractivity contribution < 1.29 is 14.1 Å². The zero-order chi connectivity index (χ0) is 13.4. The van der Waals surface area contributed by atoms with Crippen molar-refractivity contribution in [2.75, 3.05) is 0 Å². The Morgan fingerprint density at radius 2 is 2.16 bits per heavy atom. The van der Waals surface area contributed by atoms with Crippen molar-refractivity contribution >= 4 is 22.4 Å². The van der Waals surface area contributed by atoms with Gasteiger partial charge in [-0.1, -0.05) is 0 Å². The van der Waals surface area contributed by atoms with E-state index in [9.17, 15) is 14.9 Å². The van der Waals surface area contributed by atoms with Gasteiger partial charge < -0.3 is 9.40 Å². The normalized spacial score (nSPS) is 10.7.